The Morgan fingerprint density at radius 3 is 2.24 bits per heavy atom. The van der Waals surface area contributed by atoms with Gasteiger partial charge in [0.05, 0.1) is 12.0 Å². The van der Waals surface area contributed by atoms with Gasteiger partial charge in [-0.25, -0.2) is 4.79 Å². The number of nitrogens with one attached hydrogen (secondary N) is 2. The Kier molecular flexibility index (Phi) is 7.37. The lowest BCUT2D eigenvalue weighted by Crippen LogP contribution is -2.39. The third-order valence-corrected chi connectivity index (χ3v) is 4.51. The highest BCUT2D eigenvalue weighted by Gasteiger charge is 2.31. The van der Waals surface area contributed by atoms with Gasteiger partial charge in [0.2, 0.25) is 5.91 Å². The van der Waals surface area contributed by atoms with Crippen LogP contribution in [-0.4, -0.2) is 42.1 Å². The maximum absolute atomic E-state index is 12.5. The van der Waals surface area contributed by atoms with Gasteiger partial charge in [0.15, 0.2) is 0 Å². The summed E-state index contributed by atoms with van der Waals surface area (Å²) >= 11 is 0. The Bertz CT molecular complexity index is 703. The fraction of sp³-hybridized carbons (Fsp3) is 0.556. The normalized spacial score (nSPS) is 18.1. The summed E-state index contributed by atoms with van der Waals surface area (Å²) in [4.78, 5) is 25.3. The number of carbonyl (C=O) groups excluding carboxylic acids is 2. The van der Waals surface area contributed by atoms with Gasteiger partial charge in [-0.15, -0.1) is 0 Å². The van der Waals surface area contributed by atoms with Crippen LogP contribution in [0.2, 0.25) is 0 Å². The molecule has 1 heterocycles. The zero-order valence-corrected chi connectivity index (χ0v) is 15.4. The molecule has 1 aromatic carbocycles. The van der Waals surface area contributed by atoms with Crippen LogP contribution in [0.1, 0.15) is 37.7 Å². The van der Waals surface area contributed by atoms with E-state index >= 15 is 0 Å². The molecule has 2 N–H and O–H groups in total. The number of likely N-dealkylation sites (tertiary alicyclic amines) is 1. The van der Waals surface area contributed by atoms with E-state index in [0.29, 0.717) is 25.8 Å². The van der Waals surface area contributed by atoms with Gasteiger partial charge in [0, 0.05) is 31.2 Å². The van der Waals surface area contributed by atoms with Gasteiger partial charge in [0.25, 0.3) is 0 Å². The van der Waals surface area contributed by atoms with Crippen LogP contribution < -0.4 is 10.6 Å². The van der Waals surface area contributed by atoms with Crippen molar-refractivity contribution in [1.82, 2.24) is 10.2 Å². The first-order valence-electron chi connectivity index (χ1n) is 9.03. The average molecular weight is 425 g/mol. The van der Waals surface area contributed by atoms with E-state index in [2.05, 4.69) is 10.6 Å². The molecular weight excluding hydrogens is 404 g/mol. The van der Waals surface area contributed by atoms with Gasteiger partial charge < -0.3 is 15.5 Å². The lowest BCUT2D eigenvalue weighted by Gasteiger charge is -2.21. The van der Waals surface area contributed by atoms with Crippen LogP contribution in [0, 0.1) is 0 Å². The van der Waals surface area contributed by atoms with Gasteiger partial charge >= 0.3 is 18.4 Å². The summed E-state index contributed by atoms with van der Waals surface area (Å²) in [6, 6.07) is 3.07. The van der Waals surface area contributed by atoms with E-state index in [1.165, 1.54) is 4.90 Å². The van der Waals surface area contributed by atoms with E-state index in [9.17, 15) is 35.9 Å². The number of anilines is 1. The average Bonchev–Trinajstić information content (AvgIpc) is 2.84. The smallest absolute Gasteiger partial charge is 0.343 e. The van der Waals surface area contributed by atoms with Crippen molar-refractivity contribution in [2.24, 2.45) is 0 Å². The molecule has 11 heteroatoms. The molecule has 0 saturated carbocycles. The zero-order chi connectivity index (χ0) is 21.7. The number of amides is 3. The Labute approximate surface area is 163 Å². The molecule has 1 fully saturated rings. The number of benzene rings is 1. The van der Waals surface area contributed by atoms with Gasteiger partial charge in [-0.05, 0) is 43.5 Å². The first-order chi connectivity index (χ1) is 13.4. The van der Waals surface area contributed by atoms with E-state index in [0.717, 1.165) is 24.3 Å². The first kappa shape index (κ1) is 22.8. The highest BCUT2D eigenvalue weighted by Crippen LogP contribution is 2.29. The number of carbonyl (C=O) groups is 2. The van der Waals surface area contributed by atoms with E-state index < -0.39 is 42.7 Å². The Morgan fingerprint density at radius 2 is 1.66 bits per heavy atom. The molecule has 5 nitrogen and oxygen atoms in total. The van der Waals surface area contributed by atoms with Crippen molar-refractivity contribution in [1.29, 1.82) is 0 Å². The van der Waals surface area contributed by atoms with Crippen LogP contribution in [0.3, 0.4) is 0 Å². The van der Waals surface area contributed by atoms with Gasteiger partial charge in [0.1, 0.15) is 0 Å². The SMILES string of the molecule is O=C(Nc1ccc(C(F)(F)F)cc1)N[C@@H]1CCCN(C(=O)CCC(F)(F)F)CC1. The second-order valence-corrected chi connectivity index (χ2v) is 6.80. The fourth-order valence-corrected chi connectivity index (χ4v) is 2.99. The number of alkyl halides is 6. The molecule has 29 heavy (non-hydrogen) atoms. The molecule has 0 aliphatic carbocycles. The molecule has 0 aromatic heterocycles. The zero-order valence-electron chi connectivity index (χ0n) is 15.4. The summed E-state index contributed by atoms with van der Waals surface area (Å²) < 4.78 is 74.4. The van der Waals surface area contributed by atoms with E-state index in [1.807, 2.05) is 0 Å². The van der Waals surface area contributed by atoms with Crippen molar-refractivity contribution in [2.45, 2.75) is 50.5 Å². The Hall–Kier alpha value is -2.46. The van der Waals surface area contributed by atoms with Crippen LogP contribution in [0.25, 0.3) is 0 Å². The third-order valence-electron chi connectivity index (χ3n) is 4.51. The molecule has 1 aliphatic heterocycles. The summed E-state index contributed by atoms with van der Waals surface area (Å²) in [5, 5.41) is 5.11. The lowest BCUT2D eigenvalue weighted by atomic mass is 10.1. The largest absolute Gasteiger partial charge is 0.416 e. The van der Waals surface area contributed by atoms with Crippen LogP contribution in [0.5, 0.6) is 0 Å². The summed E-state index contributed by atoms with van der Waals surface area (Å²) in [6.07, 6.45) is -9.20. The quantitative estimate of drug-likeness (QED) is 0.696. The number of hydrogen-bond donors (Lipinski definition) is 2. The number of urea groups is 1. The Morgan fingerprint density at radius 1 is 1.00 bits per heavy atom. The maximum atomic E-state index is 12.5. The number of nitrogens with zero attached hydrogens (tertiary/aromatic N) is 1. The van der Waals surface area contributed by atoms with Crippen molar-refractivity contribution in [3.8, 4) is 0 Å². The molecule has 0 spiro atoms. The summed E-state index contributed by atoms with van der Waals surface area (Å²) in [5.41, 5.74) is -0.643. The van der Waals surface area contributed by atoms with Gasteiger partial charge in [-0.3, -0.25) is 4.79 Å². The summed E-state index contributed by atoms with van der Waals surface area (Å²) in [5.74, 6) is -0.572. The van der Waals surface area contributed by atoms with Crippen molar-refractivity contribution < 1.29 is 35.9 Å². The topological polar surface area (TPSA) is 61.4 Å². The minimum atomic E-state index is -4.47. The second kappa shape index (κ2) is 9.36. The van der Waals surface area contributed by atoms with Gasteiger partial charge in [-0.2, -0.15) is 26.3 Å². The van der Waals surface area contributed by atoms with Crippen LogP contribution in [-0.2, 0) is 11.0 Å². The summed E-state index contributed by atoms with van der Waals surface area (Å²) in [7, 11) is 0. The van der Waals surface area contributed by atoms with Crippen molar-refractivity contribution in [3.63, 3.8) is 0 Å². The molecule has 162 valence electrons. The molecule has 2 rings (SSSR count). The molecular formula is C18H21F6N3O2. The minimum Gasteiger partial charge on any atom is -0.343 e. The highest BCUT2D eigenvalue weighted by molar-refractivity contribution is 5.89. The summed E-state index contributed by atoms with van der Waals surface area (Å²) in [6.45, 7) is 0.539. The maximum Gasteiger partial charge on any atom is 0.416 e. The van der Waals surface area contributed by atoms with Crippen molar-refractivity contribution in [3.05, 3.63) is 29.8 Å². The van der Waals surface area contributed by atoms with E-state index in [-0.39, 0.29) is 18.3 Å². The highest BCUT2D eigenvalue weighted by atomic mass is 19.4. The van der Waals surface area contributed by atoms with Gasteiger partial charge in [-0.1, -0.05) is 0 Å². The standard InChI is InChI=1S/C18H21F6N3O2/c19-17(20,21)9-7-15(28)27-10-1-2-13(8-11-27)25-16(29)26-14-5-3-12(4-6-14)18(22,23)24/h3-6,13H,1-2,7-11H2,(H2,25,26,29)/t13-/m1/s1. The third kappa shape index (κ3) is 7.82. The van der Waals surface area contributed by atoms with Crippen LogP contribution in [0.15, 0.2) is 24.3 Å². The monoisotopic (exact) mass is 425 g/mol. The van der Waals surface area contributed by atoms with Crippen LogP contribution >= 0.6 is 0 Å². The molecule has 0 radical (unpaired) electrons. The fourth-order valence-electron chi connectivity index (χ4n) is 2.99. The number of rotatable bonds is 4. The van der Waals surface area contributed by atoms with Crippen molar-refractivity contribution >= 4 is 17.6 Å². The second-order valence-electron chi connectivity index (χ2n) is 6.80. The molecule has 1 aromatic rings. The van der Waals surface area contributed by atoms with E-state index in [4.69, 9.17) is 0 Å². The minimum absolute atomic E-state index is 0.188. The number of halogens is 6. The lowest BCUT2D eigenvalue weighted by molar-refractivity contribution is -0.149. The van der Waals surface area contributed by atoms with Crippen LogP contribution in [0.4, 0.5) is 36.8 Å². The molecule has 0 bridgehead atoms. The molecule has 1 aliphatic rings. The first-order valence-corrected chi connectivity index (χ1v) is 9.03. The number of hydrogen-bond acceptors (Lipinski definition) is 2. The van der Waals surface area contributed by atoms with E-state index in [1.54, 1.807) is 0 Å². The molecule has 1 saturated heterocycles. The molecule has 1 atom stereocenters. The molecule has 3 amide bonds. The predicted molar refractivity (Wildman–Crippen MR) is 93.1 cm³/mol. The molecule has 0 unspecified atom stereocenters. The van der Waals surface area contributed by atoms with Crippen molar-refractivity contribution in [2.75, 3.05) is 18.4 Å². The Balaban J connectivity index is 1.80. The predicted octanol–water partition coefficient (Wildman–Crippen LogP) is 4.55.